The molecule has 2 aromatic rings. The minimum absolute atomic E-state index is 0.0881. The molecule has 1 aromatic heterocycles. The Kier molecular flexibility index (Phi) is 3.71. The summed E-state index contributed by atoms with van der Waals surface area (Å²) in [5, 5.41) is 8.26. The fourth-order valence-electron chi connectivity index (χ4n) is 1.42. The van der Waals surface area contributed by atoms with Crippen LogP contribution in [0, 0.1) is 0 Å². The third kappa shape index (κ3) is 2.81. The second-order valence-electron chi connectivity index (χ2n) is 3.43. The number of aromatic nitrogens is 2. The Morgan fingerprint density at radius 3 is 2.41 bits per heavy atom. The summed E-state index contributed by atoms with van der Waals surface area (Å²) in [6.07, 6.45) is 3.05. The number of benzene rings is 1. The standard InChI is InChI=1S/C12H8Cl2N2O/c13-10-2-1-3-11(14)9(10)6-12(17)8-4-5-15-16-7-8/h1-5,7H,6H2. The molecule has 0 bridgehead atoms. The molecule has 3 nitrogen and oxygen atoms in total. The van der Waals surface area contributed by atoms with Gasteiger partial charge in [-0.25, -0.2) is 0 Å². The zero-order valence-corrected chi connectivity index (χ0v) is 10.2. The molecule has 2 rings (SSSR count). The molecule has 0 unspecified atom stereocenters. The topological polar surface area (TPSA) is 42.9 Å². The highest BCUT2D eigenvalue weighted by molar-refractivity contribution is 6.36. The lowest BCUT2D eigenvalue weighted by Gasteiger charge is -2.05. The molecule has 5 heteroatoms. The van der Waals surface area contributed by atoms with Gasteiger partial charge < -0.3 is 0 Å². The van der Waals surface area contributed by atoms with Crippen molar-refractivity contribution < 1.29 is 4.79 Å². The van der Waals surface area contributed by atoms with Crippen molar-refractivity contribution in [3.05, 3.63) is 57.8 Å². The zero-order chi connectivity index (χ0) is 12.3. The largest absolute Gasteiger partial charge is 0.294 e. The van der Waals surface area contributed by atoms with Gasteiger partial charge in [-0.1, -0.05) is 29.3 Å². The number of ketones is 1. The monoisotopic (exact) mass is 266 g/mol. The van der Waals surface area contributed by atoms with Crippen molar-refractivity contribution in [3.63, 3.8) is 0 Å². The summed E-state index contributed by atoms with van der Waals surface area (Å²) >= 11 is 12.0. The lowest BCUT2D eigenvalue weighted by atomic mass is 10.0. The van der Waals surface area contributed by atoms with E-state index in [0.717, 1.165) is 0 Å². The maximum absolute atomic E-state index is 11.9. The van der Waals surface area contributed by atoms with Crippen LogP contribution in [-0.4, -0.2) is 16.0 Å². The summed E-state index contributed by atoms with van der Waals surface area (Å²) in [5.74, 6) is -0.0881. The molecule has 0 aliphatic heterocycles. The number of rotatable bonds is 3. The van der Waals surface area contributed by atoms with E-state index in [1.54, 1.807) is 24.3 Å². The molecule has 0 fully saturated rings. The first-order valence-electron chi connectivity index (χ1n) is 4.91. The highest BCUT2D eigenvalue weighted by Crippen LogP contribution is 2.25. The molecule has 1 aromatic carbocycles. The number of nitrogens with zero attached hydrogens (tertiary/aromatic N) is 2. The lowest BCUT2D eigenvalue weighted by Crippen LogP contribution is -2.05. The molecule has 0 aliphatic rings. The molecular formula is C12H8Cl2N2O. The van der Waals surface area contributed by atoms with Gasteiger partial charge in [-0.15, -0.1) is 0 Å². The van der Waals surface area contributed by atoms with Gasteiger partial charge in [-0.2, -0.15) is 10.2 Å². The second kappa shape index (κ2) is 5.25. The lowest BCUT2D eigenvalue weighted by molar-refractivity contribution is 0.0992. The van der Waals surface area contributed by atoms with Crippen LogP contribution in [0.25, 0.3) is 0 Å². The molecule has 1 heterocycles. The van der Waals surface area contributed by atoms with Gasteiger partial charge in [0.1, 0.15) is 0 Å². The van der Waals surface area contributed by atoms with E-state index in [2.05, 4.69) is 10.2 Å². The van der Waals surface area contributed by atoms with Crippen molar-refractivity contribution in [1.29, 1.82) is 0 Å². The van der Waals surface area contributed by atoms with Crippen molar-refractivity contribution in [3.8, 4) is 0 Å². The van der Waals surface area contributed by atoms with Crippen LogP contribution in [-0.2, 0) is 6.42 Å². The molecule has 86 valence electrons. The van der Waals surface area contributed by atoms with Crippen LogP contribution in [0.5, 0.6) is 0 Å². The van der Waals surface area contributed by atoms with Crippen LogP contribution in [0.3, 0.4) is 0 Å². The van der Waals surface area contributed by atoms with E-state index in [1.807, 2.05) is 0 Å². The smallest absolute Gasteiger partial charge is 0.169 e. The maximum atomic E-state index is 11.9. The van der Waals surface area contributed by atoms with E-state index in [0.29, 0.717) is 21.2 Å². The van der Waals surface area contributed by atoms with Gasteiger partial charge in [0.25, 0.3) is 0 Å². The molecular weight excluding hydrogens is 259 g/mol. The average Bonchev–Trinajstić information content (AvgIpc) is 2.35. The van der Waals surface area contributed by atoms with Gasteiger partial charge in [0.2, 0.25) is 0 Å². The van der Waals surface area contributed by atoms with Crippen LogP contribution in [0.1, 0.15) is 15.9 Å². The Morgan fingerprint density at radius 1 is 1.12 bits per heavy atom. The Bertz CT molecular complexity index is 523. The van der Waals surface area contributed by atoms with Gasteiger partial charge in [-0.3, -0.25) is 4.79 Å². The number of hydrogen-bond donors (Lipinski definition) is 0. The quantitative estimate of drug-likeness (QED) is 0.802. The molecule has 0 saturated heterocycles. The van der Waals surface area contributed by atoms with E-state index < -0.39 is 0 Å². The Hall–Kier alpha value is -1.45. The summed E-state index contributed by atoms with van der Waals surface area (Å²) in [5.41, 5.74) is 1.13. The first-order valence-corrected chi connectivity index (χ1v) is 5.67. The van der Waals surface area contributed by atoms with Gasteiger partial charge >= 0.3 is 0 Å². The normalized spacial score (nSPS) is 10.2. The minimum atomic E-state index is -0.0881. The van der Waals surface area contributed by atoms with E-state index >= 15 is 0 Å². The molecule has 0 spiro atoms. The van der Waals surface area contributed by atoms with E-state index in [4.69, 9.17) is 23.2 Å². The van der Waals surface area contributed by atoms with Crippen LogP contribution >= 0.6 is 23.2 Å². The first kappa shape index (κ1) is 12.0. The molecule has 17 heavy (non-hydrogen) atoms. The highest BCUT2D eigenvalue weighted by atomic mass is 35.5. The van der Waals surface area contributed by atoms with Gasteiger partial charge in [-0.05, 0) is 23.8 Å². The summed E-state index contributed by atoms with van der Waals surface area (Å²) in [6, 6.07) is 6.77. The van der Waals surface area contributed by atoms with Crippen molar-refractivity contribution >= 4 is 29.0 Å². The van der Waals surface area contributed by atoms with Crippen molar-refractivity contribution in [1.82, 2.24) is 10.2 Å². The molecule has 0 amide bonds. The van der Waals surface area contributed by atoms with Crippen LogP contribution < -0.4 is 0 Å². The Morgan fingerprint density at radius 2 is 1.82 bits per heavy atom. The summed E-state index contributed by atoms with van der Waals surface area (Å²) in [6.45, 7) is 0. The van der Waals surface area contributed by atoms with Gasteiger partial charge in [0.05, 0.1) is 12.4 Å². The summed E-state index contributed by atoms with van der Waals surface area (Å²) in [7, 11) is 0. The number of carbonyl (C=O) groups is 1. The number of halogens is 2. The molecule has 0 saturated carbocycles. The Balaban J connectivity index is 2.25. The highest BCUT2D eigenvalue weighted by Gasteiger charge is 2.12. The summed E-state index contributed by atoms with van der Waals surface area (Å²) in [4.78, 5) is 11.9. The van der Waals surface area contributed by atoms with Crippen LogP contribution in [0.2, 0.25) is 10.0 Å². The van der Waals surface area contributed by atoms with Gasteiger partial charge in [0, 0.05) is 22.0 Å². The molecule has 0 atom stereocenters. The average molecular weight is 267 g/mol. The fraction of sp³-hybridized carbons (Fsp3) is 0.0833. The van der Waals surface area contributed by atoms with Crippen molar-refractivity contribution in [2.75, 3.05) is 0 Å². The summed E-state index contributed by atoms with van der Waals surface area (Å²) < 4.78 is 0. The first-order chi connectivity index (χ1) is 8.18. The predicted molar refractivity (Wildman–Crippen MR) is 66.5 cm³/mol. The molecule has 0 N–H and O–H groups in total. The zero-order valence-electron chi connectivity index (χ0n) is 8.73. The maximum Gasteiger partial charge on any atom is 0.169 e. The van der Waals surface area contributed by atoms with E-state index in [1.165, 1.54) is 12.4 Å². The van der Waals surface area contributed by atoms with Gasteiger partial charge in [0.15, 0.2) is 5.78 Å². The van der Waals surface area contributed by atoms with Crippen LogP contribution in [0.15, 0.2) is 36.7 Å². The van der Waals surface area contributed by atoms with E-state index in [9.17, 15) is 4.79 Å². The third-order valence-electron chi connectivity index (χ3n) is 2.31. The molecule has 0 aliphatic carbocycles. The number of Topliss-reactive ketones (excluding diaryl/α,β-unsaturated/α-hetero) is 1. The minimum Gasteiger partial charge on any atom is -0.294 e. The second-order valence-corrected chi connectivity index (χ2v) is 4.25. The molecule has 0 radical (unpaired) electrons. The van der Waals surface area contributed by atoms with Crippen molar-refractivity contribution in [2.24, 2.45) is 0 Å². The number of hydrogen-bond acceptors (Lipinski definition) is 3. The third-order valence-corrected chi connectivity index (χ3v) is 3.01. The number of carbonyl (C=O) groups excluding carboxylic acids is 1. The van der Waals surface area contributed by atoms with Crippen LogP contribution in [0.4, 0.5) is 0 Å². The van der Waals surface area contributed by atoms with Crippen molar-refractivity contribution in [2.45, 2.75) is 6.42 Å². The Labute approximate surface area is 108 Å². The van der Waals surface area contributed by atoms with E-state index in [-0.39, 0.29) is 12.2 Å². The fourth-order valence-corrected chi connectivity index (χ4v) is 1.95. The predicted octanol–water partition coefficient (Wildman–Crippen LogP) is 3.21. The SMILES string of the molecule is O=C(Cc1c(Cl)cccc1Cl)c1ccnnc1.